The first-order valence-electron chi connectivity index (χ1n) is 5.05. The van der Waals surface area contributed by atoms with Crippen LogP contribution in [0, 0.1) is 0 Å². The van der Waals surface area contributed by atoms with Gasteiger partial charge in [-0.25, -0.2) is 0 Å². The summed E-state index contributed by atoms with van der Waals surface area (Å²) in [6.45, 7) is 1.96. The Balaban J connectivity index is 3.11. The fourth-order valence-corrected chi connectivity index (χ4v) is 1.99. The smallest absolute Gasteiger partial charge is 0.164 e. The molecule has 3 heteroatoms. The van der Waals surface area contributed by atoms with Crippen molar-refractivity contribution in [2.75, 3.05) is 5.33 Å². The van der Waals surface area contributed by atoms with Crippen LogP contribution < -0.4 is 0 Å². The van der Waals surface area contributed by atoms with Crippen molar-refractivity contribution in [1.82, 2.24) is 0 Å². The maximum absolute atomic E-state index is 11.8. The number of aliphatic hydroxyl groups excluding tert-OH is 1. The molecule has 0 aliphatic rings. The first-order valence-corrected chi connectivity index (χ1v) is 6.17. The van der Waals surface area contributed by atoms with Gasteiger partial charge in [0.2, 0.25) is 0 Å². The molecule has 0 amide bonds. The van der Waals surface area contributed by atoms with Crippen LogP contribution in [0.1, 0.15) is 34.8 Å². The lowest BCUT2D eigenvalue weighted by atomic mass is 9.96. The highest BCUT2D eigenvalue weighted by molar-refractivity contribution is 9.09. The van der Waals surface area contributed by atoms with Gasteiger partial charge in [0, 0.05) is 17.3 Å². The van der Waals surface area contributed by atoms with Crippen LogP contribution >= 0.6 is 15.9 Å². The first kappa shape index (κ1) is 12.4. The zero-order valence-corrected chi connectivity index (χ0v) is 10.4. The summed E-state index contributed by atoms with van der Waals surface area (Å²) in [4.78, 5) is 11.8. The molecule has 0 spiro atoms. The summed E-state index contributed by atoms with van der Waals surface area (Å²) in [5.74, 6) is 0.0891. The summed E-state index contributed by atoms with van der Waals surface area (Å²) in [7, 11) is 0. The van der Waals surface area contributed by atoms with Crippen LogP contribution in [-0.2, 0) is 13.0 Å². The van der Waals surface area contributed by atoms with E-state index < -0.39 is 0 Å². The zero-order valence-electron chi connectivity index (χ0n) is 8.79. The van der Waals surface area contributed by atoms with E-state index in [4.69, 9.17) is 0 Å². The van der Waals surface area contributed by atoms with Crippen molar-refractivity contribution in [2.24, 2.45) is 0 Å². The fourth-order valence-electron chi connectivity index (χ4n) is 1.63. The van der Waals surface area contributed by atoms with E-state index >= 15 is 0 Å². The highest BCUT2D eigenvalue weighted by atomic mass is 79.9. The number of hydrogen-bond acceptors (Lipinski definition) is 2. The number of carbonyl (C=O) groups excluding carboxylic acids is 1. The summed E-state index contributed by atoms with van der Waals surface area (Å²) in [6, 6.07) is 5.62. The molecule has 1 rings (SSSR count). The normalized spacial score (nSPS) is 10.3. The highest BCUT2D eigenvalue weighted by Gasteiger charge is 2.12. The van der Waals surface area contributed by atoms with Gasteiger partial charge in [-0.1, -0.05) is 41.1 Å². The number of aliphatic hydroxyl groups is 1. The molecule has 0 atom stereocenters. The van der Waals surface area contributed by atoms with Crippen LogP contribution in [0.2, 0.25) is 0 Å². The topological polar surface area (TPSA) is 37.3 Å². The number of benzene rings is 1. The van der Waals surface area contributed by atoms with Gasteiger partial charge in [0.1, 0.15) is 0 Å². The van der Waals surface area contributed by atoms with Gasteiger partial charge in [-0.2, -0.15) is 0 Å². The van der Waals surface area contributed by atoms with E-state index in [1.165, 1.54) is 0 Å². The van der Waals surface area contributed by atoms with Crippen LogP contribution in [0.4, 0.5) is 0 Å². The van der Waals surface area contributed by atoms with Crippen molar-refractivity contribution >= 4 is 21.7 Å². The van der Waals surface area contributed by atoms with Gasteiger partial charge >= 0.3 is 0 Å². The van der Waals surface area contributed by atoms with Gasteiger partial charge in [0.15, 0.2) is 5.78 Å². The predicted molar refractivity (Wildman–Crippen MR) is 64.5 cm³/mol. The maximum Gasteiger partial charge on any atom is 0.164 e. The van der Waals surface area contributed by atoms with Crippen LogP contribution in [0.25, 0.3) is 0 Å². The molecule has 0 bridgehead atoms. The Morgan fingerprint density at radius 3 is 2.73 bits per heavy atom. The number of rotatable bonds is 5. The van der Waals surface area contributed by atoms with Gasteiger partial charge in [0.25, 0.3) is 0 Å². The molecule has 2 nitrogen and oxygen atoms in total. The summed E-state index contributed by atoms with van der Waals surface area (Å²) in [5, 5.41) is 9.94. The van der Waals surface area contributed by atoms with Crippen molar-refractivity contribution in [2.45, 2.75) is 26.4 Å². The average Bonchev–Trinajstić information content (AvgIpc) is 2.28. The Labute approximate surface area is 98.4 Å². The Hall–Kier alpha value is -0.670. The van der Waals surface area contributed by atoms with Crippen molar-refractivity contribution in [3.05, 3.63) is 34.9 Å². The molecule has 0 radical (unpaired) electrons. The quantitative estimate of drug-likeness (QED) is 0.660. The molecule has 1 aromatic carbocycles. The SMILES string of the molecule is CCc1cccc(C(=O)CCBr)c1CO. The van der Waals surface area contributed by atoms with E-state index in [0.717, 1.165) is 17.5 Å². The Morgan fingerprint density at radius 2 is 2.20 bits per heavy atom. The molecule has 0 aromatic heterocycles. The molecule has 0 saturated heterocycles. The molecule has 0 fully saturated rings. The third-order valence-electron chi connectivity index (χ3n) is 2.43. The molecule has 0 aliphatic carbocycles. The average molecular weight is 271 g/mol. The number of halogens is 1. The monoisotopic (exact) mass is 270 g/mol. The zero-order chi connectivity index (χ0) is 11.3. The minimum absolute atomic E-state index is 0.0621. The Kier molecular flexibility index (Phi) is 4.99. The molecule has 1 aromatic rings. The molecule has 0 aliphatic heterocycles. The highest BCUT2D eigenvalue weighted by Crippen LogP contribution is 2.17. The summed E-state index contributed by atoms with van der Waals surface area (Å²) >= 11 is 3.25. The van der Waals surface area contributed by atoms with Crippen molar-refractivity contribution in [3.8, 4) is 0 Å². The molecule has 0 saturated carbocycles. The summed E-state index contributed by atoms with van der Waals surface area (Å²) in [6.07, 6.45) is 1.31. The van der Waals surface area contributed by atoms with Gasteiger partial charge in [-0.15, -0.1) is 0 Å². The van der Waals surface area contributed by atoms with E-state index in [9.17, 15) is 9.90 Å². The molecular formula is C12H15BrO2. The van der Waals surface area contributed by atoms with Crippen molar-refractivity contribution in [3.63, 3.8) is 0 Å². The molecule has 0 unspecified atom stereocenters. The summed E-state index contributed by atoms with van der Waals surface area (Å²) < 4.78 is 0. The summed E-state index contributed by atoms with van der Waals surface area (Å²) in [5.41, 5.74) is 2.50. The van der Waals surface area contributed by atoms with Crippen LogP contribution in [-0.4, -0.2) is 16.2 Å². The van der Waals surface area contributed by atoms with E-state index in [-0.39, 0.29) is 12.4 Å². The first-order chi connectivity index (χ1) is 7.24. The lowest BCUT2D eigenvalue weighted by Gasteiger charge is -2.10. The van der Waals surface area contributed by atoms with Gasteiger partial charge in [0.05, 0.1) is 6.61 Å². The third-order valence-corrected chi connectivity index (χ3v) is 2.83. The van der Waals surface area contributed by atoms with Crippen LogP contribution in [0.5, 0.6) is 0 Å². The number of aryl methyl sites for hydroxylation is 1. The van der Waals surface area contributed by atoms with Gasteiger partial charge in [-0.3, -0.25) is 4.79 Å². The predicted octanol–water partition coefficient (Wildman–Crippen LogP) is 2.71. The lowest BCUT2D eigenvalue weighted by molar-refractivity contribution is 0.0986. The number of ketones is 1. The minimum Gasteiger partial charge on any atom is -0.392 e. The molecule has 15 heavy (non-hydrogen) atoms. The second kappa shape index (κ2) is 6.03. The fraction of sp³-hybridized carbons (Fsp3) is 0.417. The van der Waals surface area contributed by atoms with E-state index in [0.29, 0.717) is 17.3 Å². The largest absolute Gasteiger partial charge is 0.392 e. The van der Waals surface area contributed by atoms with Gasteiger partial charge < -0.3 is 5.11 Å². The Morgan fingerprint density at radius 1 is 1.47 bits per heavy atom. The number of carbonyl (C=O) groups is 1. The molecular weight excluding hydrogens is 256 g/mol. The maximum atomic E-state index is 11.8. The van der Waals surface area contributed by atoms with Gasteiger partial charge in [-0.05, 0) is 17.5 Å². The molecule has 0 heterocycles. The molecule has 1 N–H and O–H groups in total. The minimum atomic E-state index is -0.0621. The van der Waals surface area contributed by atoms with Crippen molar-refractivity contribution in [1.29, 1.82) is 0 Å². The third kappa shape index (κ3) is 2.89. The Bertz CT molecular complexity index is 347. The molecule has 82 valence electrons. The standard InChI is InChI=1S/C12H15BrO2/c1-2-9-4-3-5-10(11(9)8-14)12(15)6-7-13/h3-5,14H,2,6-8H2,1H3. The van der Waals surface area contributed by atoms with Crippen LogP contribution in [0.15, 0.2) is 18.2 Å². The van der Waals surface area contributed by atoms with Crippen molar-refractivity contribution < 1.29 is 9.90 Å². The lowest BCUT2D eigenvalue weighted by Crippen LogP contribution is -2.07. The van der Waals surface area contributed by atoms with E-state index in [1.807, 2.05) is 19.1 Å². The second-order valence-corrected chi connectivity index (χ2v) is 4.11. The number of hydrogen-bond donors (Lipinski definition) is 1. The number of Topliss-reactive ketones (excluding diaryl/α,β-unsaturated/α-hetero) is 1. The second-order valence-electron chi connectivity index (χ2n) is 3.32. The van der Waals surface area contributed by atoms with E-state index in [2.05, 4.69) is 15.9 Å². The van der Waals surface area contributed by atoms with Crippen LogP contribution in [0.3, 0.4) is 0 Å². The van der Waals surface area contributed by atoms with E-state index in [1.54, 1.807) is 6.07 Å². The number of alkyl halides is 1.